The Balaban J connectivity index is 0.000000151. The third kappa shape index (κ3) is 5.34. The monoisotopic (exact) mass is 1020 g/mol. The van der Waals surface area contributed by atoms with E-state index in [9.17, 15) is 0 Å². The first-order valence-electron chi connectivity index (χ1n) is 15.2. The molecular formula is C36H27N10O2Pt2-3. The molecule has 10 rings (SSSR count). The summed E-state index contributed by atoms with van der Waals surface area (Å²) in [5.41, 5.74) is 8.81. The molecule has 8 heterocycles. The molecule has 0 spiro atoms. The summed E-state index contributed by atoms with van der Waals surface area (Å²) in [5.74, 6) is 0.834. The van der Waals surface area contributed by atoms with Gasteiger partial charge in [0.2, 0.25) is 18.8 Å². The van der Waals surface area contributed by atoms with Crippen LogP contribution < -0.4 is 19.1 Å². The zero-order valence-electron chi connectivity index (χ0n) is 27.1. The molecule has 0 N–H and O–H groups in total. The summed E-state index contributed by atoms with van der Waals surface area (Å²) in [6.45, 7) is 0. The number of imidazole rings is 3. The number of nitrogens with zero attached hydrogens (tertiary/aromatic N) is 10. The first-order valence-corrected chi connectivity index (χ1v) is 15.2. The van der Waals surface area contributed by atoms with Gasteiger partial charge in [0, 0.05) is 84.1 Å². The van der Waals surface area contributed by atoms with E-state index < -0.39 is 0 Å². The van der Waals surface area contributed by atoms with Crippen molar-refractivity contribution in [2.24, 2.45) is 26.1 Å². The van der Waals surface area contributed by atoms with Gasteiger partial charge in [-0.1, -0.05) is 59.2 Å². The molecule has 0 aliphatic carbocycles. The van der Waals surface area contributed by atoms with Crippen LogP contribution in [0.5, 0.6) is 0 Å². The van der Waals surface area contributed by atoms with E-state index in [0.29, 0.717) is 0 Å². The minimum atomic E-state index is -0.0907. The molecule has 12 nitrogen and oxygen atoms in total. The SMILES string of the molecule is C[N+]1=C[C-]=NC1c1cccc2c1[n-]c1c(-n3[c-][n+](C)cc3)coc12.Cn1c[c-]nc1-c1cccc2c1[n-]c1c(-n3[c-][n+](C)cc3)coc12.[Pt].[Pt]. The Morgan fingerprint density at radius 3 is 1.92 bits per heavy atom. The van der Waals surface area contributed by atoms with Gasteiger partial charge in [-0.15, -0.1) is 17.2 Å². The molecule has 7 aromatic heterocycles. The van der Waals surface area contributed by atoms with Crippen molar-refractivity contribution in [2.45, 2.75) is 6.17 Å². The van der Waals surface area contributed by atoms with Crippen molar-refractivity contribution in [3.63, 3.8) is 0 Å². The number of para-hydroxylation sites is 2. The van der Waals surface area contributed by atoms with E-state index in [2.05, 4.69) is 41.1 Å². The second-order valence-corrected chi connectivity index (χ2v) is 11.8. The number of furan rings is 2. The smallest absolute Gasteiger partial charge is 0.243 e. The average molecular weight is 1020 g/mol. The molecular weight excluding hydrogens is 995 g/mol. The number of aromatic nitrogens is 8. The Hall–Kier alpha value is -5.05. The largest absolute Gasteiger partial charge is 0.660 e. The van der Waals surface area contributed by atoms with Crippen molar-refractivity contribution in [2.75, 3.05) is 7.05 Å². The van der Waals surface area contributed by atoms with Crippen LogP contribution in [0.1, 0.15) is 11.7 Å². The molecule has 1 atom stereocenters. The molecule has 50 heavy (non-hydrogen) atoms. The van der Waals surface area contributed by atoms with Crippen LogP contribution in [0.25, 0.3) is 66.8 Å². The Morgan fingerprint density at radius 2 is 1.38 bits per heavy atom. The van der Waals surface area contributed by atoms with Crippen LogP contribution in [0.4, 0.5) is 0 Å². The summed E-state index contributed by atoms with van der Waals surface area (Å²) in [7, 11) is 7.80. The summed E-state index contributed by atoms with van der Waals surface area (Å²) >= 11 is 0. The average Bonchev–Trinajstić information content (AvgIpc) is 3.91. The molecule has 0 bridgehead atoms. The van der Waals surface area contributed by atoms with Crippen molar-refractivity contribution in [3.05, 3.63) is 104 Å². The minimum absolute atomic E-state index is 0. The van der Waals surface area contributed by atoms with E-state index in [1.165, 1.54) is 0 Å². The van der Waals surface area contributed by atoms with Gasteiger partial charge in [0.15, 0.2) is 0 Å². The third-order valence-corrected chi connectivity index (χ3v) is 8.58. The molecule has 256 valence electrons. The molecule has 2 aromatic carbocycles. The molecule has 1 aliphatic rings. The van der Waals surface area contributed by atoms with Crippen LogP contribution in [0.15, 0.2) is 93.7 Å². The molecule has 0 saturated carbocycles. The van der Waals surface area contributed by atoms with Crippen LogP contribution in [-0.4, -0.2) is 42.7 Å². The first-order chi connectivity index (χ1) is 23.4. The van der Waals surface area contributed by atoms with Crippen LogP contribution in [0.3, 0.4) is 0 Å². The second kappa shape index (κ2) is 13.0. The van der Waals surface area contributed by atoms with E-state index in [1.54, 1.807) is 18.7 Å². The van der Waals surface area contributed by atoms with E-state index in [1.807, 2.05) is 117 Å². The number of rotatable bonds is 4. The zero-order chi connectivity index (χ0) is 32.5. The maximum Gasteiger partial charge on any atom is 0.243 e. The molecule has 0 fully saturated rings. The number of hydrogen-bond acceptors (Lipinski definition) is 4. The summed E-state index contributed by atoms with van der Waals surface area (Å²) in [6, 6.07) is 12.1. The predicted molar refractivity (Wildman–Crippen MR) is 176 cm³/mol. The Bertz CT molecular complexity index is 2710. The quantitative estimate of drug-likeness (QED) is 0.198. The maximum absolute atomic E-state index is 5.83. The topological polar surface area (TPSA) is 105 Å². The number of benzene rings is 2. The van der Waals surface area contributed by atoms with E-state index in [0.717, 1.165) is 72.3 Å². The number of fused-ring (bicyclic) bond motifs is 6. The number of aryl methyl sites for hydroxylation is 3. The molecule has 9 aromatic rings. The van der Waals surface area contributed by atoms with Gasteiger partial charge in [-0.3, -0.25) is 6.21 Å². The first kappa shape index (κ1) is 33.4. The van der Waals surface area contributed by atoms with Crippen LogP contribution in [0.2, 0.25) is 0 Å². The molecule has 1 unspecified atom stereocenters. The third-order valence-electron chi connectivity index (χ3n) is 8.58. The van der Waals surface area contributed by atoms with Crippen LogP contribution in [0, 0.1) is 18.9 Å². The van der Waals surface area contributed by atoms with E-state index >= 15 is 0 Å². The summed E-state index contributed by atoms with van der Waals surface area (Å²) in [5, 5.41) is 1.98. The van der Waals surface area contributed by atoms with Crippen molar-refractivity contribution >= 4 is 56.4 Å². The van der Waals surface area contributed by atoms with Gasteiger partial charge in [0.25, 0.3) is 0 Å². The van der Waals surface area contributed by atoms with Gasteiger partial charge < -0.3 is 51.6 Å². The van der Waals surface area contributed by atoms with Gasteiger partial charge in [0.05, 0.1) is 38.0 Å². The van der Waals surface area contributed by atoms with Gasteiger partial charge in [0.1, 0.15) is 18.2 Å². The van der Waals surface area contributed by atoms with Crippen molar-refractivity contribution in [1.29, 1.82) is 0 Å². The molecule has 1 aliphatic heterocycles. The van der Waals surface area contributed by atoms with Crippen LogP contribution in [-0.2, 0) is 63.3 Å². The zero-order valence-corrected chi connectivity index (χ0v) is 31.6. The van der Waals surface area contributed by atoms with Crippen molar-refractivity contribution in [3.8, 4) is 22.8 Å². The normalized spacial score (nSPS) is 13.9. The predicted octanol–water partition coefficient (Wildman–Crippen LogP) is 3.79. The van der Waals surface area contributed by atoms with E-state index in [-0.39, 0.29) is 48.3 Å². The maximum atomic E-state index is 5.83. The van der Waals surface area contributed by atoms with Crippen LogP contribution >= 0.6 is 0 Å². The fourth-order valence-electron chi connectivity index (χ4n) is 6.24. The van der Waals surface area contributed by atoms with Gasteiger partial charge in [-0.05, 0) is 18.3 Å². The summed E-state index contributed by atoms with van der Waals surface area (Å²) < 4.78 is 23.1. The fraction of sp³-hybridized carbons (Fsp3) is 0.139. The summed E-state index contributed by atoms with van der Waals surface area (Å²) in [6.07, 6.45) is 26.9. The Kier molecular flexibility index (Phi) is 8.70. The molecule has 0 amide bonds. The fourth-order valence-corrected chi connectivity index (χ4v) is 6.24. The molecule has 0 saturated heterocycles. The van der Waals surface area contributed by atoms with Gasteiger partial charge >= 0.3 is 0 Å². The Labute approximate surface area is 314 Å². The van der Waals surface area contributed by atoms with Gasteiger partial charge in [-0.2, -0.15) is 0 Å². The standard InChI is InChI=1S/C18H14N5O.C18H13N5O.2Pt/c2*1-21-8-9-23(11-21)14-10-24-17-12-4-3-5-13(15(12)20-16(14)17)18-19-6-7-22(18)2;;/h3-5,7-10,18H,1-2H3;3-5,7-10H,1-2H3;;/q-1;-2;;. The molecule has 0 radical (unpaired) electrons. The minimum Gasteiger partial charge on any atom is -0.660 e. The molecule has 14 heteroatoms. The van der Waals surface area contributed by atoms with Crippen molar-refractivity contribution in [1.82, 2.24) is 28.7 Å². The second-order valence-electron chi connectivity index (χ2n) is 11.8. The number of aliphatic imine (C=N–C) groups is 1. The Morgan fingerprint density at radius 1 is 0.780 bits per heavy atom. The summed E-state index contributed by atoms with van der Waals surface area (Å²) in [4.78, 5) is 18.5. The van der Waals surface area contributed by atoms with Gasteiger partial charge in [-0.25, -0.2) is 4.58 Å². The van der Waals surface area contributed by atoms with E-state index in [4.69, 9.17) is 18.8 Å². The number of hydrogen-bond donors (Lipinski definition) is 0. The van der Waals surface area contributed by atoms with Crippen molar-refractivity contribution < 1.29 is 64.7 Å².